The number of hydrogen-bond donors (Lipinski definition) is 1. The van der Waals surface area contributed by atoms with Crippen LogP contribution in [-0.2, 0) is 24.6 Å². The second-order valence-electron chi connectivity index (χ2n) is 6.97. The molecule has 6 nitrogen and oxygen atoms in total. The minimum absolute atomic E-state index is 0.0147. The van der Waals surface area contributed by atoms with Crippen LogP contribution >= 0.6 is 23.4 Å². The third-order valence-corrected chi connectivity index (χ3v) is 6.09. The Bertz CT molecular complexity index is 1130. The van der Waals surface area contributed by atoms with Crippen molar-refractivity contribution in [2.45, 2.75) is 31.8 Å². The molecule has 0 radical (unpaired) electrons. The van der Waals surface area contributed by atoms with Crippen molar-refractivity contribution in [2.75, 3.05) is 11.1 Å². The lowest BCUT2D eigenvalue weighted by molar-refractivity contribution is -0.137. The predicted octanol–water partition coefficient (Wildman–Crippen LogP) is 5.41. The highest BCUT2D eigenvalue weighted by Crippen LogP contribution is 2.34. The Morgan fingerprint density at radius 3 is 2.69 bits per heavy atom. The average molecular weight is 485 g/mol. The fourth-order valence-corrected chi connectivity index (χ4v) is 3.63. The molecule has 1 heterocycles. The number of rotatable bonds is 7. The van der Waals surface area contributed by atoms with Crippen molar-refractivity contribution in [3.05, 3.63) is 63.9 Å². The molecule has 11 heteroatoms. The molecule has 170 valence electrons. The summed E-state index contributed by atoms with van der Waals surface area (Å²) in [5, 5.41) is 11.0. The highest BCUT2D eigenvalue weighted by atomic mass is 35.5. The van der Waals surface area contributed by atoms with E-state index >= 15 is 0 Å². The summed E-state index contributed by atoms with van der Waals surface area (Å²) in [6.07, 6.45) is -4.53. The van der Waals surface area contributed by atoms with E-state index in [1.165, 1.54) is 0 Å². The number of thioether (sulfide) groups is 1. The number of amides is 1. The lowest BCUT2D eigenvalue weighted by Gasteiger charge is -2.12. The molecule has 0 bridgehead atoms. The van der Waals surface area contributed by atoms with Gasteiger partial charge in [0.05, 0.1) is 22.0 Å². The minimum Gasteiger partial charge on any atom is -0.485 e. The van der Waals surface area contributed by atoms with Gasteiger partial charge in [-0.1, -0.05) is 35.5 Å². The molecule has 0 aliphatic carbocycles. The van der Waals surface area contributed by atoms with E-state index in [0.29, 0.717) is 11.0 Å². The lowest BCUT2D eigenvalue weighted by Crippen LogP contribution is -2.16. The molecule has 0 aliphatic heterocycles. The van der Waals surface area contributed by atoms with E-state index in [1.807, 2.05) is 32.0 Å². The molecule has 3 rings (SSSR count). The highest BCUT2D eigenvalue weighted by molar-refractivity contribution is 7.99. The number of hydrogen-bond acceptors (Lipinski definition) is 5. The average Bonchev–Trinajstić information content (AvgIpc) is 3.08. The number of benzene rings is 2. The Morgan fingerprint density at radius 2 is 1.97 bits per heavy atom. The first kappa shape index (κ1) is 23.9. The zero-order valence-electron chi connectivity index (χ0n) is 17.5. The summed E-state index contributed by atoms with van der Waals surface area (Å²) in [6, 6.07) is 8.53. The summed E-state index contributed by atoms with van der Waals surface area (Å²) in [5.74, 6) is 0.706. The molecule has 0 saturated carbocycles. The normalized spacial score (nSPS) is 11.5. The molecule has 0 atom stereocenters. The van der Waals surface area contributed by atoms with Gasteiger partial charge < -0.3 is 14.6 Å². The van der Waals surface area contributed by atoms with Crippen molar-refractivity contribution >= 4 is 35.0 Å². The SMILES string of the molecule is Cc1cccc(OCc2nnc(SCC(=O)Nc3cc(C(F)(F)F)ccc3Cl)n2C)c1C. The number of aromatic nitrogens is 3. The van der Waals surface area contributed by atoms with Gasteiger partial charge in [0.1, 0.15) is 12.4 Å². The molecule has 32 heavy (non-hydrogen) atoms. The van der Waals surface area contributed by atoms with E-state index in [4.69, 9.17) is 16.3 Å². The van der Waals surface area contributed by atoms with Crippen LogP contribution in [0.25, 0.3) is 0 Å². The molecule has 2 aromatic carbocycles. The van der Waals surface area contributed by atoms with Crippen molar-refractivity contribution in [3.8, 4) is 5.75 Å². The monoisotopic (exact) mass is 484 g/mol. The van der Waals surface area contributed by atoms with Crippen LogP contribution in [0.3, 0.4) is 0 Å². The van der Waals surface area contributed by atoms with Crippen LogP contribution in [0.5, 0.6) is 5.75 Å². The maximum Gasteiger partial charge on any atom is 0.416 e. The first-order valence-corrected chi connectivity index (χ1v) is 10.8. The van der Waals surface area contributed by atoms with Crippen LogP contribution < -0.4 is 10.1 Å². The molecule has 0 spiro atoms. The maximum atomic E-state index is 12.9. The van der Waals surface area contributed by atoms with E-state index in [2.05, 4.69) is 15.5 Å². The molecule has 3 aromatic rings. The van der Waals surface area contributed by atoms with Crippen LogP contribution in [0.15, 0.2) is 41.6 Å². The van der Waals surface area contributed by atoms with E-state index in [9.17, 15) is 18.0 Å². The molecular formula is C21H20ClF3N4O2S. The number of nitrogens with zero attached hydrogens (tertiary/aromatic N) is 3. The zero-order valence-corrected chi connectivity index (χ0v) is 19.0. The second kappa shape index (κ2) is 9.83. The summed E-state index contributed by atoms with van der Waals surface area (Å²) in [5.41, 5.74) is 1.15. The number of anilines is 1. The minimum atomic E-state index is -4.53. The van der Waals surface area contributed by atoms with Crippen molar-refractivity contribution in [3.63, 3.8) is 0 Å². The quantitative estimate of drug-likeness (QED) is 0.454. The summed E-state index contributed by atoms with van der Waals surface area (Å²) < 4.78 is 46.2. The van der Waals surface area contributed by atoms with Gasteiger partial charge in [0, 0.05) is 7.05 Å². The Morgan fingerprint density at radius 1 is 1.22 bits per heavy atom. The van der Waals surface area contributed by atoms with Crippen LogP contribution in [0.4, 0.5) is 18.9 Å². The standard InChI is InChI=1S/C21H20ClF3N4O2S/c1-12-5-4-6-17(13(12)2)31-10-18-27-28-20(29(18)3)32-11-19(30)26-16-9-14(21(23,24)25)7-8-15(16)22/h4-9H,10-11H2,1-3H3,(H,26,30). The van der Waals surface area contributed by atoms with Gasteiger partial charge in [-0.3, -0.25) is 4.79 Å². The largest absolute Gasteiger partial charge is 0.485 e. The predicted molar refractivity (Wildman–Crippen MR) is 117 cm³/mol. The number of nitrogens with one attached hydrogen (secondary N) is 1. The fourth-order valence-electron chi connectivity index (χ4n) is 2.73. The zero-order chi connectivity index (χ0) is 23.5. The van der Waals surface area contributed by atoms with Crippen molar-refractivity contribution < 1.29 is 22.7 Å². The third-order valence-electron chi connectivity index (χ3n) is 4.74. The van der Waals surface area contributed by atoms with Gasteiger partial charge in [-0.15, -0.1) is 10.2 Å². The highest BCUT2D eigenvalue weighted by Gasteiger charge is 2.31. The van der Waals surface area contributed by atoms with Gasteiger partial charge in [0.2, 0.25) is 5.91 Å². The van der Waals surface area contributed by atoms with E-state index < -0.39 is 17.6 Å². The molecule has 0 fully saturated rings. The summed E-state index contributed by atoms with van der Waals surface area (Å²) in [4.78, 5) is 12.2. The number of halogens is 4. The molecule has 1 N–H and O–H groups in total. The first-order valence-electron chi connectivity index (χ1n) is 9.43. The number of aryl methyl sites for hydroxylation is 1. The first-order chi connectivity index (χ1) is 15.1. The number of carbonyl (C=O) groups is 1. The van der Waals surface area contributed by atoms with Gasteiger partial charge in [0.15, 0.2) is 11.0 Å². The van der Waals surface area contributed by atoms with Crippen LogP contribution in [0.2, 0.25) is 5.02 Å². The van der Waals surface area contributed by atoms with Crippen molar-refractivity contribution in [2.24, 2.45) is 7.05 Å². The van der Waals surface area contributed by atoms with E-state index in [1.54, 1.807) is 11.6 Å². The van der Waals surface area contributed by atoms with Gasteiger partial charge in [0.25, 0.3) is 0 Å². The van der Waals surface area contributed by atoms with E-state index in [0.717, 1.165) is 46.8 Å². The van der Waals surface area contributed by atoms with Crippen molar-refractivity contribution in [1.29, 1.82) is 0 Å². The van der Waals surface area contributed by atoms with E-state index in [-0.39, 0.29) is 23.1 Å². The topological polar surface area (TPSA) is 69.0 Å². The molecular weight excluding hydrogens is 465 g/mol. The number of alkyl halides is 3. The fraction of sp³-hybridized carbons (Fsp3) is 0.286. The van der Waals surface area contributed by atoms with Crippen molar-refractivity contribution in [1.82, 2.24) is 14.8 Å². The smallest absolute Gasteiger partial charge is 0.416 e. The Labute approximate surface area is 192 Å². The molecule has 1 amide bonds. The van der Waals surface area contributed by atoms with Crippen LogP contribution in [-0.4, -0.2) is 26.4 Å². The summed E-state index contributed by atoms with van der Waals surface area (Å²) in [6.45, 7) is 4.16. The van der Waals surface area contributed by atoms with Crippen LogP contribution in [0, 0.1) is 13.8 Å². The number of ether oxygens (including phenoxy) is 1. The third kappa shape index (κ3) is 5.74. The number of carbonyl (C=O) groups excluding carboxylic acids is 1. The Kier molecular flexibility index (Phi) is 7.35. The molecule has 1 aromatic heterocycles. The molecule has 0 aliphatic rings. The van der Waals surface area contributed by atoms with Crippen LogP contribution in [0.1, 0.15) is 22.5 Å². The molecule has 0 unspecified atom stereocenters. The summed E-state index contributed by atoms with van der Waals surface area (Å²) in [7, 11) is 1.74. The van der Waals surface area contributed by atoms with Gasteiger partial charge >= 0.3 is 6.18 Å². The van der Waals surface area contributed by atoms with Gasteiger partial charge in [-0.2, -0.15) is 13.2 Å². The molecule has 0 saturated heterocycles. The summed E-state index contributed by atoms with van der Waals surface area (Å²) >= 11 is 7.01. The maximum absolute atomic E-state index is 12.9. The Hall–Kier alpha value is -2.72. The van der Waals surface area contributed by atoms with Gasteiger partial charge in [-0.25, -0.2) is 0 Å². The second-order valence-corrected chi connectivity index (χ2v) is 8.32. The Balaban J connectivity index is 1.59. The lowest BCUT2D eigenvalue weighted by atomic mass is 10.1. The van der Waals surface area contributed by atoms with Gasteiger partial charge in [-0.05, 0) is 49.2 Å².